The number of carbonyl (C=O) groups excluding carboxylic acids is 1. The van der Waals surface area contributed by atoms with Gasteiger partial charge in [0.25, 0.3) is 0 Å². The number of fused-ring (bicyclic) bond motifs is 1. The average Bonchev–Trinajstić information content (AvgIpc) is 3.00. The average molecular weight is 308 g/mol. The highest BCUT2D eigenvalue weighted by atomic mass is 35.5. The number of benzene rings is 1. The summed E-state index contributed by atoms with van der Waals surface area (Å²) in [4.78, 5) is 12.1. The molecule has 2 heterocycles. The Hall–Kier alpha value is -2.01. The van der Waals surface area contributed by atoms with Crippen molar-refractivity contribution in [3.8, 4) is 5.75 Å². The fraction of sp³-hybridized carbons (Fsp3) is 0.333. The number of hydrogen-bond donors (Lipinski definition) is 0. The third-order valence-electron chi connectivity index (χ3n) is 3.50. The summed E-state index contributed by atoms with van der Waals surface area (Å²) < 4.78 is 15.9. The van der Waals surface area contributed by atoms with Crippen LogP contribution in [0.1, 0.15) is 22.6 Å². The summed E-state index contributed by atoms with van der Waals surface area (Å²) in [7, 11) is 0. The third kappa shape index (κ3) is 2.74. The molecule has 1 atom stereocenters. The number of ether oxygens (including phenoxy) is 2. The number of carbonyl (C=O) groups is 1. The van der Waals surface area contributed by atoms with Gasteiger partial charge in [-0.25, -0.2) is 4.79 Å². The quantitative estimate of drug-likeness (QED) is 0.816. The van der Waals surface area contributed by atoms with Crippen molar-refractivity contribution in [1.29, 1.82) is 0 Å². The van der Waals surface area contributed by atoms with Crippen molar-refractivity contribution in [2.24, 2.45) is 0 Å². The van der Waals surface area contributed by atoms with Crippen LogP contribution in [0.2, 0.25) is 5.02 Å². The van der Waals surface area contributed by atoms with E-state index in [2.05, 4.69) is 5.16 Å². The van der Waals surface area contributed by atoms with Gasteiger partial charge in [-0.3, -0.25) is 0 Å². The van der Waals surface area contributed by atoms with E-state index in [0.29, 0.717) is 23.0 Å². The van der Waals surface area contributed by atoms with E-state index < -0.39 is 12.1 Å². The molecular weight excluding hydrogens is 294 g/mol. The highest BCUT2D eigenvalue weighted by Gasteiger charge is 2.30. The molecule has 0 amide bonds. The van der Waals surface area contributed by atoms with Gasteiger partial charge in [0, 0.05) is 11.4 Å². The summed E-state index contributed by atoms with van der Waals surface area (Å²) in [6.45, 7) is 3.73. The summed E-state index contributed by atoms with van der Waals surface area (Å²) in [5.41, 5.74) is 2.44. The minimum Gasteiger partial charge on any atom is -0.478 e. The third-order valence-corrected chi connectivity index (χ3v) is 3.74. The SMILES string of the molecule is Cc1noc(C)c1COC(=O)C1Cc2cc(Cl)ccc2O1. The molecule has 0 N–H and O–H groups in total. The fourth-order valence-electron chi connectivity index (χ4n) is 2.29. The van der Waals surface area contributed by atoms with E-state index >= 15 is 0 Å². The Morgan fingerprint density at radius 1 is 1.48 bits per heavy atom. The molecule has 5 nitrogen and oxygen atoms in total. The molecule has 21 heavy (non-hydrogen) atoms. The van der Waals surface area contributed by atoms with Crippen LogP contribution in [-0.4, -0.2) is 17.2 Å². The summed E-state index contributed by atoms with van der Waals surface area (Å²) in [5.74, 6) is 0.934. The molecule has 1 unspecified atom stereocenters. The summed E-state index contributed by atoms with van der Waals surface area (Å²) >= 11 is 5.93. The van der Waals surface area contributed by atoms with Crippen molar-refractivity contribution in [3.63, 3.8) is 0 Å². The maximum Gasteiger partial charge on any atom is 0.348 e. The van der Waals surface area contributed by atoms with Crippen molar-refractivity contribution >= 4 is 17.6 Å². The van der Waals surface area contributed by atoms with Gasteiger partial charge < -0.3 is 14.0 Å². The molecule has 0 fully saturated rings. The molecule has 0 spiro atoms. The van der Waals surface area contributed by atoms with Crippen LogP contribution in [0.5, 0.6) is 5.75 Å². The van der Waals surface area contributed by atoms with Gasteiger partial charge in [0.1, 0.15) is 18.1 Å². The van der Waals surface area contributed by atoms with Gasteiger partial charge in [0.15, 0.2) is 6.10 Å². The fourth-order valence-corrected chi connectivity index (χ4v) is 2.49. The van der Waals surface area contributed by atoms with Gasteiger partial charge in [-0.15, -0.1) is 0 Å². The molecule has 110 valence electrons. The van der Waals surface area contributed by atoms with Gasteiger partial charge in [-0.2, -0.15) is 0 Å². The number of aryl methyl sites for hydroxylation is 2. The normalized spacial score (nSPS) is 16.4. The second-order valence-corrected chi connectivity index (χ2v) is 5.41. The van der Waals surface area contributed by atoms with E-state index in [1.807, 2.05) is 6.92 Å². The Morgan fingerprint density at radius 2 is 2.29 bits per heavy atom. The lowest BCUT2D eigenvalue weighted by Crippen LogP contribution is -2.27. The predicted molar refractivity (Wildman–Crippen MR) is 75.3 cm³/mol. The maximum atomic E-state index is 12.1. The largest absolute Gasteiger partial charge is 0.478 e. The molecule has 2 aromatic rings. The smallest absolute Gasteiger partial charge is 0.348 e. The molecule has 1 aliphatic heterocycles. The topological polar surface area (TPSA) is 61.6 Å². The molecule has 6 heteroatoms. The monoisotopic (exact) mass is 307 g/mol. The molecule has 0 radical (unpaired) electrons. The van der Waals surface area contributed by atoms with E-state index in [4.69, 9.17) is 25.6 Å². The predicted octanol–water partition coefficient (Wildman–Crippen LogP) is 2.99. The Morgan fingerprint density at radius 3 is 3.00 bits per heavy atom. The lowest BCUT2D eigenvalue weighted by Gasteiger charge is -2.10. The van der Waals surface area contributed by atoms with E-state index in [1.165, 1.54) is 0 Å². The van der Waals surface area contributed by atoms with Crippen LogP contribution in [0, 0.1) is 13.8 Å². The Bertz CT molecular complexity index is 675. The number of halogens is 1. The Balaban J connectivity index is 1.63. The number of esters is 1. The molecule has 0 bridgehead atoms. The minimum absolute atomic E-state index is 0.136. The van der Waals surface area contributed by atoms with E-state index in [-0.39, 0.29) is 6.61 Å². The van der Waals surface area contributed by atoms with Gasteiger partial charge in [-0.1, -0.05) is 16.8 Å². The summed E-state index contributed by atoms with van der Waals surface area (Å²) in [5, 5.41) is 4.45. The van der Waals surface area contributed by atoms with Crippen LogP contribution < -0.4 is 4.74 Å². The van der Waals surface area contributed by atoms with Crippen LogP contribution in [0.15, 0.2) is 22.7 Å². The molecule has 0 aliphatic carbocycles. The van der Waals surface area contributed by atoms with Crippen LogP contribution in [-0.2, 0) is 22.6 Å². The molecule has 3 rings (SSSR count). The maximum absolute atomic E-state index is 12.1. The van der Waals surface area contributed by atoms with Crippen LogP contribution in [0.4, 0.5) is 0 Å². The molecule has 1 aromatic carbocycles. The van der Waals surface area contributed by atoms with E-state index in [9.17, 15) is 4.79 Å². The van der Waals surface area contributed by atoms with Crippen LogP contribution in [0.25, 0.3) is 0 Å². The molecular formula is C15H14ClNO4. The number of nitrogens with zero attached hydrogens (tertiary/aromatic N) is 1. The highest BCUT2D eigenvalue weighted by molar-refractivity contribution is 6.30. The lowest BCUT2D eigenvalue weighted by molar-refractivity contribution is -0.152. The van der Waals surface area contributed by atoms with Crippen molar-refractivity contribution in [2.75, 3.05) is 0 Å². The first-order valence-corrected chi connectivity index (χ1v) is 6.96. The standard InChI is InChI=1S/C15H14ClNO4/c1-8-12(9(2)21-17-8)7-19-15(18)14-6-10-5-11(16)3-4-13(10)20-14/h3-5,14H,6-7H2,1-2H3. The van der Waals surface area contributed by atoms with Gasteiger partial charge in [0.05, 0.1) is 11.3 Å². The first-order valence-electron chi connectivity index (χ1n) is 6.58. The zero-order chi connectivity index (χ0) is 15.0. The molecule has 1 aromatic heterocycles. The summed E-state index contributed by atoms with van der Waals surface area (Å²) in [6, 6.07) is 5.30. The number of aromatic nitrogens is 1. The van der Waals surface area contributed by atoms with Crippen LogP contribution in [0.3, 0.4) is 0 Å². The van der Waals surface area contributed by atoms with Crippen molar-refractivity contribution in [2.45, 2.75) is 33.0 Å². The van der Waals surface area contributed by atoms with Crippen molar-refractivity contribution in [1.82, 2.24) is 5.16 Å². The molecule has 1 aliphatic rings. The Kier molecular flexibility index (Phi) is 3.59. The van der Waals surface area contributed by atoms with E-state index in [0.717, 1.165) is 16.8 Å². The first kappa shape index (κ1) is 13.9. The first-order chi connectivity index (χ1) is 10.0. The second-order valence-electron chi connectivity index (χ2n) is 4.97. The van der Waals surface area contributed by atoms with Gasteiger partial charge in [0.2, 0.25) is 0 Å². The van der Waals surface area contributed by atoms with Gasteiger partial charge >= 0.3 is 5.97 Å². The van der Waals surface area contributed by atoms with Crippen LogP contribution >= 0.6 is 11.6 Å². The molecule has 0 saturated heterocycles. The zero-order valence-corrected chi connectivity index (χ0v) is 12.4. The summed E-state index contributed by atoms with van der Waals surface area (Å²) in [6.07, 6.45) is -0.157. The van der Waals surface area contributed by atoms with Crippen molar-refractivity contribution in [3.05, 3.63) is 45.8 Å². The highest BCUT2D eigenvalue weighted by Crippen LogP contribution is 2.31. The zero-order valence-electron chi connectivity index (χ0n) is 11.7. The number of hydrogen-bond acceptors (Lipinski definition) is 5. The number of rotatable bonds is 3. The van der Waals surface area contributed by atoms with Crippen molar-refractivity contribution < 1.29 is 18.8 Å². The Labute approximate surface area is 126 Å². The molecule has 0 saturated carbocycles. The van der Waals surface area contributed by atoms with E-state index in [1.54, 1.807) is 25.1 Å². The second kappa shape index (κ2) is 5.41. The lowest BCUT2D eigenvalue weighted by atomic mass is 10.1. The minimum atomic E-state index is -0.626. The van der Waals surface area contributed by atoms with Gasteiger partial charge in [-0.05, 0) is 37.6 Å².